The van der Waals surface area contributed by atoms with Crippen LogP contribution in [0.4, 0.5) is 0 Å². The summed E-state index contributed by atoms with van der Waals surface area (Å²) in [6.07, 6.45) is 17.1. The van der Waals surface area contributed by atoms with Crippen molar-refractivity contribution in [2.45, 2.75) is 0 Å². The average Bonchev–Trinajstić information content (AvgIpc) is 0.750. The number of hydrogen-bond acceptors (Lipinski definition) is 15. The number of nitrogens with zero attached hydrogens (tertiary/aromatic N) is 15. The minimum Gasteiger partial charge on any atom is -0.252 e. The van der Waals surface area contributed by atoms with Gasteiger partial charge in [-0.2, -0.15) is 0 Å². The highest BCUT2D eigenvalue weighted by Crippen LogP contribution is 2.41. The third kappa shape index (κ3) is 9.56. The van der Waals surface area contributed by atoms with Crippen LogP contribution in [0, 0.1) is 0 Å². The topological polar surface area (TPSA) is 193 Å². The Labute approximate surface area is 588 Å². The lowest BCUT2D eigenvalue weighted by Gasteiger charge is -2.11. The maximum Gasteiger partial charge on any atom is 0.198 e. The Morgan fingerprint density at radius 3 is 0.702 bits per heavy atom. The molecule has 0 aliphatic rings. The van der Waals surface area contributed by atoms with Crippen LogP contribution in [-0.4, -0.2) is 74.8 Å². The van der Waals surface area contributed by atoms with Gasteiger partial charge in [-0.3, -0.25) is 39.9 Å². The summed E-state index contributed by atoms with van der Waals surface area (Å²) in [6, 6.07) is 82.6. The first-order valence-corrected chi connectivity index (χ1v) is 34.1. The monoisotopic (exact) mass is 1330 g/mol. The fourth-order valence-electron chi connectivity index (χ4n) is 15.1. The van der Waals surface area contributed by atoms with Crippen molar-refractivity contribution >= 4 is 218 Å². The van der Waals surface area contributed by atoms with Gasteiger partial charge in [0.15, 0.2) is 11.3 Å². The van der Waals surface area contributed by atoms with E-state index in [9.17, 15) is 0 Å². The molecule has 15 heteroatoms. The van der Waals surface area contributed by atoms with Gasteiger partial charge in [-0.15, -0.1) is 0 Å². The van der Waals surface area contributed by atoms with Gasteiger partial charge in [0.25, 0.3) is 0 Å². The van der Waals surface area contributed by atoms with Crippen molar-refractivity contribution in [1.82, 2.24) is 74.8 Å². The molecule has 0 saturated carbocycles. The quantitative estimate of drug-likeness (QED) is 0.103. The van der Waals surface area contributed by atoms with Gasteiger partial charge in [-0.1, -0.05) is 152 Å². The molecule has 104 heavy (non-hydrogen) atoms. The van der Waals surface area contributed by atoms with E-state index in [0.29, 0.717) is 16.8 Å². The third-order valence-electron chi connectivity index (χ3n) is 19.9. The SMILES string of the molecule is c1ccc2cc3c(cc2c1)c1cc2ccccc2cc1c1nccnc31.c1ccc2cc3c(cc2c1)c1cc2ccccc2nc1c1nccnc31.c1ccc2cc3c(cc2c1)c1nccnc1c1nc2ccccc2nc31.c1ccc2cc3c(cc2c1)c1nccnc1c1nc2nccnc2nc31. The summed E-state index contributed by atoms with van der Waals surface area (Å²) in [5, 5.41) is 25.5. The fraction of sp³-hybridized carbons (Fsp3) is 0. The second-order valence-electron chi connectivity index (χ2n) is 25.9. The van der Waals surface area contributed by atoms with E-state index < -0.39 is 0 Å². The largest absolute Gasteiger partial charge is 0.252 e. The number of fused-ring (bicyclic) bond motifs is 32. The number of hydrogen-bond donors (Lipinski definition) is 0. The third-order valence-corrected chi connectivity index (χ3v) is 19.9. The highest BCUT2D eigenvalue weighted by atomic mass is 15.0. The fourth-order valence-corrected chi connectivity index (χ4v) is 15.1. The van der Waals surface area contributed by atoms with E-state index in [1.807, 2.05) is 54.6 Å². The summed E-state index contributed by atoms with van der Waals surface area (Å²) in [6.45, 7) is 0. The van der Waals surface area contributed by atoms with Crippen LogP contribution in [0.5, 0.6) is 0 Å². The molecule has 0 atom stereocenters. The van der Waals surface area contributed by atoms with Crippen LogP contribution >= 0.6 is 0 Å². The van der Waals surface area contributed by atoms with Crippen LogP contribution in [0.25, 0.3) is 218 Å². The van der Waals surface area contributed by atoms with E-state index >= 15 is 0 Å². The Morgan fingerprint density at radius 2 is 0.327 bits per heavy atom. The van der Waals surface area contributed by atoms with Gasteiger partial charge in [0.1, 0.15) is 33.1 Å². The molecule has 0 fully saturated rings. The van der Waals surface area contributed by atoms with Gasteiger partial charge in [-0.25, -0.2) is 34.9 Å². The van der Waals surface area contributed by atoms with Crippen LogP contribution in [-0.2, 0) is 0 Å². The molecule has 16 aromatic carbocycles. The van der Waals surface area contributed by atoms with Crippen molar-refractivity contribution in [2.24, 2.45) is 0 Å². The van der Waals surface area contributed by atoms with E-state index in [0.717, 1.165) is 142 Å². The first-order valence-electron chi connectivity index (χ1n) is 34.1. The van der Waals surface area contributed by atoms with Crippen LogP contribution < -0.4 is 0 Å². The van der Waals surface area contributed by atoms with Crippen LogP contribution in [0.1, 0.15) is 0 Å². The Kier molecular flexibility index (Phi) is 13.2. The minimum atomic E-state index is 0.507. The van der Waals surface area contributed by atoms with Gasteiger partial charge in [0.05, 0.1) is 55.2 Å². The Balaban J connectivity index is 0.0000000896. The standard InChI is InChI=1S/C24H14N2.C23H13N3.C22H12N4.C20H10N6/c1-3-7-17-13-21-19(11-15(17)5-1)20-12-16-6-2-4-8-18(16)14-22(20)24-23(21)25-9-10-26-24;1-2-6-15-12-18-17(11-14(15)5-1)19-13-16-7-3-4-8-20(16)26-22(19)23-21(18)24-9-10-25-23;1-2-6-14-12-16-15(11-13(14)5-1)19-21(24-10-9-23-19)22-20(16)25-17-7-3-4-8-18(17)26-22;1-2-4-12-10-14-13(9-11(12)3-1)15-17(22-6-5-21-15)18-16(14)25-19-20(26-18)24-8-7-23-19/h1-14H;1-13H;1-12H;1-10H. The number of para-hydroxylation sites is 3. The van der Waals surface area contributed by atoms with Crippen molar-refractivity contribution in [3.05, 3.63) is 299 Å². The Morgan fingerprint density at radius 1 is 0.135 bits per heavy atom. The van der Waals surface area contributed by atoms with Crippen molar-refractivity contribution < 1.29 is 0 Å². The summed E-state index contributed by atoms with van der Waals surface area (Å²) >= 11 is 0. The zero-order valence-electron chi connectivity index (χ0n) is 55.0. The molecular formula is C89H49N15. The van der Waals surface area contributed by atoms with Crippen molar-refractivity contribution in [3.63, 3.8) is 0 Å². The van der Waals surface area contributed by atoms with Gasteiger partial charge in [-0.05, 0) is 155 Å². The summed E-state index contributed by atoms with van der Waals surface area (Å²) < 4.78 is 0. The molecule has 0 amide bonds. The Hall–Kier alpha value is -14.6. The lowest BCUT2D eigenvalue weighted by molar-refractivity contribution is 1.20. The predicted molar refractivity (Wildman–Crippen MR) is 423 cm³/mol. The molecular weight excluding hydrogens is 1280 g/mol. The van der Waals surface area contributed by atoms with E-state index in [1.165, 1.54) is 59.2 Å². The average molecular weight is 1330 g/mol. The van der Waals surface area contributed by atoms with Gasteiger partial charge in [0.2, 0.25) is 0 Å². The maximum absolute atomic E-state index is 4.93. The number of benzene rings is 16. The van der Waals surface area contributed by atoms with Gasteiger partial charge < -0.3 is 0 Å². The molecule has 480 valence electrons. The minimum absolute atomic E-state index is 0.507. The second kappa shape index (κ2) is 23.5. The molecule has 0 saturated heterocycles. The molecule has 15 nitrogen and oxygen atoms in total. The van der Waals surface area contributed by atoms with E-state index in [4.69, 9.17) is 24.9 Å². The number of rotatable bonds is 0. The zero-order chi connectivity index (χ0) is 68.3. The molecule has 0 radical (unpaired) electrons. The predicted octanol–water partition coefficient (Wildman–Crippen LogP) is 20.7. The van der Waals surface area contributed by atoms with Crippen molar-refractivity contribution in [3.8, 4) is 0 Å². The van der Waals surface area contributed by atoms with Gasteiger partial charge >= 0.3 is 0 Å². The summed E-state index contributed by atoms with van der Waals surface area (Å²) in [4.78, 5) is 69.7. The molecule has 0 aliphatic carbocycles. The van der Waals surface area contributed by atoms with Gasteiger partial charge in [0, 0.05) is 110 Å². The summed E-state index contributed by atoms with van der Waals surface area (Å²) in [7, 11) is 0. The maximum atomic E-state index is 4.93. The zero-order valence-corrected chi connectivity index (χ0v) is 55.0. The smallest absolute Gasteiger partial charge is 0.198 e. The summed E-state index contributed by atoms with van der Waals surface area (Å²) in [5.41, 5.74) is 14.7. The lowest BCUT2D eigenvalue weighted by Crippen LogP contribution is -1.96. The van der Waals surface area contributed by atoms with Crippen LogP contribution in [0.3, 0.4) is 0 Å². The first kappa shape index (κ1) is 58.4. The number of aromatic nitrogens is 15. The Bertz CT molecular complexity index is 6410. The van der Waals surface area contributed by atoms with E-state index in [-0.39, 0.29) is 0 Å². The van der Waals surface area contributed by atoms with E-state index in [2.05, 4.69) is 232 Å². The normalized spacial score (nSPS) is 11.8. The van der Waals surface area contributed by atoms with Crippen LogP contribution in [0.2, 0.25) is 0 Å². The molecule has 24 aromatic rings. The van der Waals surface area contributed by atoms with Crippen molar-refractivity contribution in [1.29, 1.82) is 0 Å². The molecule has 0 spiro atoms. The second-order valence-corrected chi connectivity index (χ2v) is 25.9. The number of pyridine rings is 1. The highest BCUT2D eigenvalue weighted by Gasteiger charge is 2.20. The van der Waals surface area contributed by atoms with E-state index in [1.54, 1.807) is 62.0 Å². The molecule has 8 heterocycles. The molecule has 0 bridgehead atoms. The molecule has 8 aromatic heterocycles. The lowest BCUT2D eigenvalue weighted by atomic mass is 9.94. The molecule has 0 N–H and O–H groups in total. The van der Waals surface area contributed by atoms with Crippen molar-refractivity contribution in [2.75, 3.05) is 0 Å². The molecule has 24 rings (SSSR count). The van der Waals surface area contributed by atoms with Crippen LogP contribution in [0.15, 0.2) is 299 Å². The first-order chi connectivity index (χ1) is 51.5. The highest BCUT2D eigenvalue weighted by molar-refractivity contribution is 6.29. The summed E-state index contributed by atoms with van der Waals surface area (Å²) in [5.74, 6) is 0. The molecule has 0 unspecified atom stereocenters. The molecule has 0 aliphatic heterocycles.